The molecular formula is C32H58NNaO10. The van der Waals surface area contributed by atoms with Crippen LogP contribution in [0.3, 0.4) is 0 Å². The first kappa shape index (κ1) is 46.6. The van der Waals surface area contributed by atoms with E-state index in [0.717, 1.165) is 32.1 Å². The van der Waals surface area contributed by atoms with Gasteiger partial charge in [0.2, 0.25) is 12.1 Å². The molecule has 0 saturated carbocycles. The Morgan fingerprint density at radius 2 is 0.955 bits per heavy atom. The van der Waals surface area contributed by atoms with Crippen molar-refractivity contribution in [2.24, 2.45) is 0 Å². The number of carbonyl (C=O) groups is 5. The SMILES string of the molecule is CC(C)(C)OC(=O)CCCCCCCCCCCCCCCCC(=O)N[C@@H](CCC(=O)O)C(=O)OC(C)(C)C.O=C([O-])O.[Na+]. The van der Waals surface area contributed by atoms with E-state index in [4.69, 9.17) is 29.6 Å². The summed E-state index contributed by atoms with van der Waals surface area (Å²) in [5.74, 6) is -1.93. The molecule has 0 fully saturated rings. The third kappa shape index (κ3) is 38.2. The number of amides is 1. The normalized spacial score (nSPS) is 11.7. The molecule has 0 rings (SSSR count). The summed E-state index contributed by atoms with van der Waals surface area (Å²) in [6.45, 7) is 10.9. The van der Waals surface area contributed by atoms with E-state index < -0.39 is 35.3 Å². The Morgan fingerprint density at radius 1 is 0.614 bits per heavy atom. The molecule has 0 aliphatic carbocycles. The Hall–Kier alpha value is -1.85. The summed E-state index contributed by atoms with van der Waals surface area (Å²) in [6.07, 6.45) is 14.5. The zero-order chi connectivity index (χ0) is 33.3. The molecule has 0 aromatic rings. The molecule has 252 valence electrons. The number of carbonyl (C=O) groups excluding carboxylic acids is 3. The second-order valence-corrected chi connectivity index (χ2v) is 12.9. The van der Waals surface area contributed by atoms with Gasteiger partial charge in [-0.15, -0.1) is 0 Å². The maximum atomic E-state index is 12.3. The number of esters is 2. The fourth-order valence-corrected chi connectivity index (χ4v) is 4.22. The third-order valence-corrected chi connectivity index (χ3v) is 6.13. The molecule has 0 bridgehead atoms. The van der Waals surface area contributed by atoms with Crippen molar-refractivity contribution < 1.29 is 78.3 Å². The molecule has 1 atom stereocenters. The largest absolute Gasteiger partial charge is 1.00 e. The fraction of sp³-hybridized carbons (Fsp3) is 0.844. The smallest absolute Gasteiger partial charge is 0.565 e. The maximum Gasteiger partial charge on any atom is 1.00 e. The molecule has 3 N–H and O–H groups in total. The van der Waals surface area contributed by atoms with Crippen molar-refractivity contribution in [1.82, 2.24) is 5.32 Å². The average molecular weight is 640 g/mol. The van der Waals surface area contributed by atoms with Gasteiger partial charge in [-0.1, -0.05) is 77.0 Å². The number of aliphatic carboxylic acids is 1. The number of hydrogen-bond donors (Lipinski definition) is 3. The standard InChI is InChI=1S/C31H57NO7.CH2O3.Na/c1-30(2,3)38-28(36)22-20-18-16-14-12-10-8-7-9-11-13-15-17-19-21-26(33)32-25(23-24-27(34)35)29(37)39-31(4,5)6;2-1(3)4;/h25H,7-24H2,1-6H3,(H,32,33)(H,34,35);(H2,2,3,4);/q;;+1/p-1/t25-;;/m0../s1. The van der Waals surface area contributed by atoms with Crippen molar-refractivity contribution in [2.75, 3.05) is 0 Å². The van der Waals surface area contributed by atoms with Gasteiger partial charge in [-0.3, -0.25) is 14.4 Å². The van der Waals surface area contributed by atoms with Crippen LogP contribution in [-0.4, -0.2) is 57.4 Å². The number of nitrogens with one attached hydrogen (secondary N) is 1. The Morgan fingerprint density at radius 3 is 1.30 bits per heavy atom. The van der Waals surface area contributed by atoms with Gasteiger partial charge in [0, 0.05) is 19.3 Å². The molecule has 0 heterocycles. The van der Waals surface area contributed by atoms with Crippen LogP contribution >= 0.6 is 0 Å². The zero-order valence-electron chi connectivity index (χ0n) is 28.5. The molecule has 0 saturated heterocycles. The summed E-state index contributed by atoms with van der Waals surface area (Å²) in [6, 6.07) is -0.933. The molecule has 1 amide bonds. The first-order valence-corrected chi connectivity index (χ1v) is 15.8. The molecule has 0 aromatic carbocycles. The van der Waals surface area contributed by atoms with E-state index in [0.29, 0.717) is 12.8 Å². The average Bonchev–Trinajstić information content (AvgIpc) is 2.83. The van der Waals surface area contributed by atoms with Gasteiger partial charge in [-0.05, 0) is 60.8 Å². The number of hydrogen-bond acceptors (Lipinski definition) is 8. The first-order chi connectivity index (χ1) is 19.9. The molecule has 0 aliphatic heterocycles. The van der Waals surface area contributed by atoms with Gasteiger partial charge in [0.15, 0.2) is 0 Å². The molecule has 11 nitrogen and oxygen atoms in total. The summed E-state index contributed by atoms with van der Waals surface area (Å²) in [7, 11) is 0. The van der Waals surface area contributed by atoms with Crippen molar-refractivity contribution in [2.45, 2.75) is 174 Å². The molecular weight excluding hydrogens is 581 g/mol. The Balaban J connectivity index is -0.00000315. The van der Waals surface area contributed by atoms with Crippen LogP contribution in [0.1, 0.15) is 157 Å². The van der Waals surface area contributed by atoms with Crippen LogP contribution in [0.4, 0.5) is 4.79 Å². The number of carboxylic acids is 1. The Labute approximate surface area is 286 Å². The van der Waals surface area contributed by atoms with E-state index in [2.05, 4.69) is 5.32 Å². The topological polar surface area (TPSA) is 179 Å². The van der Waals surface area contributed by atoms with Gasteiger partial charge in [0.1, 0.15) is 17.2 Å². The van der Waals surface area contributed by atoms with E-state index in [-0.39, 0.29) is 54.3 Å². The first-order valence-electron chi connectivity index (χ1n) is 15.8. The molecule has 0 unspecified atom stereocenters. The van der Waals surface area contributed by atoms with Crippen LogP contribution in [0.2, 0.25) is 0 Å². The number of unbranched alkanes of at least 4 members (excludes halogenated alkanes) is 13. The quantitative estimate of drug-likeness (QED) is 0.0905. The van der Waals surface area contributed by atoms with Crippen molar-refractivity contribution in [3.63, 3.8) is 0 Å². The second-order valence-electron chi connectivity index (χ2n) is 12.9. The van der Waals surface area contributed by atoms with Crippen LogP contribution in [0.5, 0.6) is 0 Å². The van der Waals surface area contributed by atoms with Crippen molar-refractivity contribution in [1.29, 1.82) is 0 Å². The van der Waals surface area contributed by atoms with E-state index in [1.54, 1.807) is 20.8 Å². The van der Waals surface area contributed by atoms with Gasteiger partial charge in [-0.2, -0.15) is 0 Å². The van der Waals surface area contributed by atoms with Gasteiger partial charge in [0.05, 0.1) is 0 Å². The van der Waals surface area contributed by atoms with Crippen molar-refractivity contribution >= 4 is 30.0 Å². The van der Waals surface area contributed by atoms with Crippen LogP contribution in [0, 0.1) is 0 Å². The Bertz CT molecular complexity index is 802. The summed E-state index contributed by atoms with van der Waals surface area (Å²) in [5, 5.41) is 26.9. The molecule has 0 aliphatic rings. The minimum Gasteiger partial charge on any atom is -0.565 e. The minimum atomic E-state index is -2.08. The third-order valence-electron chi connectivity index (χ3n) is 6.13. The molecule has 0 aromatic heterocycles. The van der Waals surface area contributed by atoms with Crippen LogP contribution in [0.25, 0.3) is 0 Å². The Kier molecular flexibility index (Phi) is 29.1. The summed E-state index contributed by atoms with van der Waals surface area (Å²) >= 11 is 0. The molecule has 0 spiro atoms. The van der Waals surface area contributed by atoms with Crippen molar-refractivity contribution in [3.8, 4) is 0 Å². The summed E-state index contributed by atoms with van der Waals surface area (Å²) in [4.78, 5) is 55.6. The number of rotatable bonds is 22. The van der Waals surface area contributed by atoms with Gasteiger partial charge in [0.25, 0.3) is 0 Å². The maximum absolute atomic E-state index is 12.3. The molecule has 44 heavy (non-hydrogen) atoms. The monoisotopic (exact) mass is 639 g/mol. The van der Waals surface area contributed by atoms with E-state index in [1.807, 2.05) is 20.8 Å². The molecule has 12 heteroatoms. The van der Waals surface area contributed by atoms with E-state index in [9.17, 15) is 19.2 Å². The van der Waals surface area contributed by atoms with Gasteiger partial charge >= 0.3 is 47.5 Å². The van der Waals surface area contributed by atoms with E-state index in [1.165, 1.54) is 57.8 Å². The van der Waals surface area contributed by atoms with Gasteiger partial charge < -0.3 is 34.9 Å². The van der Waals surface area contributed by atoms with Crippen LogP contribution < -0.4 is 40.0 Å². The molecule has 0 radical (unpaired) electrons. The van der Waals surface area contributed by atoms with Gasteiger partial charge in [-0.25, -0.2) is 4.79 Å². The zero-order valence-corrected chi connectivity index (χ0v) is 30.5. The van der Waals surface area contributed by atoms with E-state index >= 15 is 0 Å². The fourth-order valence-electron chi connectivity index (χ4n) is 4.22. The second kappa shape index (κ2) is 27.5. The number of ether oxygens (including phenoxy) is 2. The van der Waals surface area contributed by atoms with Crippen molar-refractivity contribution in [3.05, 3.63) is 0 Å². The number of carboxylic acid groups (broad SMARTS) is 3. The summed E-state index contributed by atoms with van der Waals surface area (Å²) in [5.41, 5.74) is -1.09. The predicted molar refractivity (Wildman–Crippen MR) is 162 cm³/mol. The minimum absolute atomic E-state index is 0. The summed E-state index contributed by atoms with van der Waals surface area (Å²) < 4.78 is 10.6. The van der Waals surface area contributed by atoms with Crippen LogP contribution in [-0.2, 0) is 28.7 Å². The van der Waals surface area contributed by atoms with Crippen LogP contribution in [0.15, 0.2) is 0 Å². The predicted octanol–water partition coefficient (Wildman–Crippen LogP) is 3.15.